The standard InChI is InChI=1S/C14H18ClN3O2/c1-17-12(19)9-4-5-10(15)11(8-9)18-13(20)14(16)6-2-3-7-14/h4-5,8H,2-3,6-7,16H2,1H3,(H,17,19)(H,18,20). The van der Waals surface area contributed by atoms with Gasteiger partial charge in [0.15, 0.2) is 0 Å². The first-order chi connectivity index (χ1) is 9.46. The van der Waals surface area contributed by atoms with Crippen LogP contribution in [0.1, 0.15) is 36.0 Å². The van der Waals surface area contributed by atoms with Crippen molar-refractivity contribution in [1.29, 1.82) is 0 Å². The molecule has 0 aromatic heterocycles. The van der Waals surface area contributed by atoms with Crippen molar-refractivity contribution in [3.63, 3.8) is 0 Å². The number of carbonyl (C=O) groups excluding carboxylic acids is 2. The molecule has 0 spiro atoms. The topological polar surface area (TPSA) is 84.2 Å². The van der Waals surface area contributed by atoms with Crippen molar-refractivity contribution in [3.8, 4) is 0 Å². The molecule has 1 aliphatic carbocycles. The number of carbonyl (C=O) groups is 2. The first-order valence-electron chi connectivity index (χ1n) is 6.58. The van der Waals surface area contributed by atoms with Gasteiger partial charge in [-0.1, -0.05) is 24.4 Å². The predicted molar refractivity (Wildman–Crippen MR) is 78.9 cm³/mol. The van der Waals surface area contributed by atoms with Crippen molar-refractivity contribution >= 4 is 29.1 Å². The van der Waals surface area contributed by atoms with Crippen molar-refractivity contribution in [2.24, 2.45) is 5.73 Å². The summed E-state index contributed by atoms with van der Waals surface area (Å²) >= 11 is 6.05. The van der Waals surface area contributed by atoms with Crippen LogP contribution in [0.2, 0.25) is 5.02 Å². The zero-order valence-corrected chi connectivity index (χ0v) is 12.1. The number of anilines is 1. The van der Waals surface area contributed by atoms with Crippen molar-refractivity contribution in [2.75, 3.05) is 12.4 Å². The average molecular weight is 296 g/mol. The van der Waals surface area contributed by atoms with Crippen LogP contribution in [-0.2, 0) is 4.79 Å². The molecule has 0 heterocycles. The molecule has 6 heteroatoms. The summed E-state index contributed by atoms with van der Waals surface area (Å²) in [5.74, 6) is -0.480. The van der Waals surface area contributed by atoms with Crippen molar-refractivity contribution in [1.82, 2.24) is 5.32 Å². The third-order valence-electron chi connectivity index (χ3n) is 3.65. The smallest absolute Gasteiger partial charge is 0.251 e. The van der Waals surface area contributed by atoms with E-state index in [4.69, 9.17) is 17.3 Å². The van der Waals surface area contributed by atoms with Crippen LogP contribution in [0.4, 0.5) is 5.69 Å². The van der Waals surface area contributed by atoms with Gasteiger partial charge >= 0.3 is 0 Å². The number of nitrogens with two attached hydrogens (primary N) is 1. The molecule has 5 nitrogen and oxygen atoms in total. The highest BCUT2D eigenvalue weighted by atomic mass is 35.5. The third kappa shape index (κ3) is 2.94. The summed E-state index contributed by atoms with van der Waals surface area (Å²) in [7, 11) is 1.54. The molecule has 1 aromatic rings. The minimum absolute atomic E-state index is 0.236. The second-order valence-electron chi connectivity index (χ2n) is 5.09. The van der Waals surface area contributed by atoms with Crippen LogP contribution in [0, 0.1) is 0 Å². The molecule has 20 heavy (non-hydrogen) atoms. The largest absolute Gasteiger partial charge is 0.355 e. The first-order valence-corrected chi connectivity index (χ1v) is 6.96. The second-order valence-corrected chi connectivity index (χ2v) is 5.50. The van der Waals surface area contributed by atoms with E-state index in [1.165, 1.54) is 0 Å². The Morgan fingerprint density at radius 2 is 1.95 bits per heavy atom. The summed E-state index contributed by atoms with van der Waals surface area (Å²) in [6, 6.07) is 4.74. The highest BCUT2D eigenvalue weighted by molar-refractivity contribution is 6.34. The number of rotatable bonds is 3. The van der Waals surface area contributed by atoms with Gasteiger partial charge in [0.2, 0.25) is 5.91 Å². The van der Waals surface area contributed by atoms with E-state index in [0.717, 1.165) is 12.8 Å². The molecule has 1 fully saturated rings. The van der Waals surface area contributed by atoms with Gasteiger partial charge in [0.1, 0.15) is 0 Å². The van der Waals surface area contributed by atoms with Gasteiger partial charge in [0.25, 0.3) is 5.91 Å². The Bertz CT molecular complexity index is 539. The fraction of sp³-hybridized carbons (Fsp3) is 0.429. The number of hydrogen-bond acceptors (Lipinski definition) is 3. The van der Waals surface area contributed by atoms with E-state index < -0.39 is 5.54 Å². The van der Waals surface area contributed by atoms with Gasteiger partial charge in [-0.15, -0.1) is 0 Å². The van der Waals surface area contributed by atoms with Crippen LogP contribution in [0.5, 0.6) is 0 Å². The van der Waals surface area contributed by atoms with Crippen LogP contribution >= 0.6 is 11.6 Å². The normalized spacial score (nSPS) is 16.8. The van der Waals surface area contributed by atoms with E-state index in [9.17, 15) is 9.59 Å². The Hall–Kier alpha value is -1.59. The zero-order valence-electron chi connectivity index (χ0n) is 11.3. The van der Waals surface area contributed by atoms with Crippen molar-refractivity contribution in [3.05, 3.63) is 28.8 Å². The summed E-state index contributed by atoms with van der Waals surface area (Å²) in [6.45, 7) is 0. The fourth-order valence-electron chi connectivity index (χ4n) is 2.39. The van der Waals surface area contributed by atoms with Crippen LogP contribution in [0.3, 0.4) is 0 Å². The molecule has 1 saturated carbocycles. The Morgan fingerprint density at radius 3 is 2.55 bits per heavy atom. The van der Waals surface area contributed by atoms with Gasteiger partial charge in [-0.25, -0.2) is 0 Å². The molecule has 0 atom stereocenters. The summed E-state index contributed by atoms with van der Waals surface area (Å²) in [4.78, 5) is 23.8. The maximum absolute atomic E-state index is 12.2. The molecule has 1 aromatic carbocycles. The van der Waals surface area contributed by atoms with Crippen LogP contribution in [0.25, 0.3) is 0 Å². The maximum Gasteiger partial charge on any atom is 0.251 e. The lowest BCUT2D eigenvalue weighted by atomic mass is 9.98. The summed E-state index contributed by atoms with van der Waals surface area (Å²) in [5, 5.41) is 5.64. The maximum atomic E-state index is 12.2. The van der Waals surface area contributed by atoms with E-state index in [1.54, 1.807) is 25.2 Å². The second kappa shape index (κ2) is 5.81. The molecule has 1 aliphatic rings. The van der Waals surface area contributed by atoms with E-state index in [1.807, 2.05) is 0 Å². The molecule has 2 amide bonds. The molecule has 2 rings (SSSR count). The Kier molecular flexibility index (Phi) is 4.30. The fourth-order valence-corrected chi connectivity index (χ4v) is 2.55. The molecule has 0 saturated heterocycles. The average Bonchev–Trinajstić information content (AvgIpc) is 2.88. The van der Waals surface area contributed by atoms with Crippen molar-refractivity contribution in [2.45, 2.75) is 31.2 Å². The Balaban J connectivity index is 2.20. The lowest BCUT2D eigenvalue weighted by molar-refractivity contribution is -0.121. The number of nitrogens with one attached hydrogen (secondary N) is 2. The predicted octanol–water partition coefficient (Wildman–Crippen LogP) is 1.91. The van der Waals surface area contributed by atoms with Gasteiger partial charge in [0, 0.05) is 12.6 Å². The number of halogens is 1. The van der Waals surface area contributed by atoms with Crippen molar-refractivity contribution < 1.29 is 9.59 Å². The minimum atomic E-state index is -0.827. The number of benzene rings is 1. The van der Waals surface area contributed by atoms with Gasteiger partial charge in [-0.3, -0.25) is 9.59 Å². The molecule has 0 radical (unpaired) electrons. The highest BCUT2D eigenvalue weighted by Crippen LogP contribution is 2.30. The molecule has 0 aliphatic heterocycles. The van der Waals surface area contributed by atoms with Gasteiger partial charge in [-0.2, -0.15) is 0 Å². The van der Waals surface area contributed by atoms with Gasteiger partial charge < -0.3 is 16.4 Å². The van der Waals surface area contributed by atoms with Gasteiger partial charge in [-0.05, 0) is 31.0 Å². The summed E-state index contributed by atoms with van der Waals surface area (Å²) in [6.07, 6.45) is 3.25. The minimum Gasteiger partial charge on any atom is -0.355 e. The molecule has 0 bridgehead atoms. The zero-order chi connectivity index (χ0) is 14.8. The molecule has 108 valence electrons. The number of amides is 2. The third-order valence-corrected chi connectivity index (χ3v) is 3.98. The molecular formula is C14H18ClN3O2. The van der Waals surface area contributed by atoms with Crippen LogP contribution < -0.4 is 16.4 Å². The van der Waals surface area contributed by atoms with E-state index in [0.29, 0.717) is 29.1 Å². The summed E-state index contributed by atoms with van der Waals surface area (Å²) in [5.41, 5.74) is 6.11. The van der Waals surface area contributed by atoms with E-state index >= 15 is 0 Å². The van der Waals surface area contributed by atoms with E-state index in [2.05, 4.69) is 10.6 Å². The molecule has 0 unspecified atom stereocenters. The quantitative estimate of drug-likeness (QED) is 0.796. The lowest BCUT2D eigenvalue weighted by Gasteiger charge is -2.22. The lowest BCUT2D eigenvalue weighted by Crippen LogP contribution is -2.48. The monoisotopic (exact) mass is 295 g/mol. The molecular weight excluding hydrogens is 278 g/mol. The Morgan fingerprint density at radius 1 is 1.30 bits per heavy atom. The van der Waals surface area contributed by atoms with E-state index in [-0.39, 0.29) is 11.8 Å². The summed E-state index contributed by atoms with van der Waals surface area (Å²) < 4.78 is 0. The molecule has 4 N–H and O–H groups in total. The van der Waals surface area contributed by atoms with Crippen LogP contribution in [0.15, 0.2) is 18.2 Å². The first kappa shape index (κ1) is 14.8. The number of hydrogen-bond donors (Lipinski definition) is 3. The SMILES string of the molecule is CNC(=O)c1ccc(Cl)c(NC(=O)C2(N)CCCC2)c1. The Labute approximate surface area is 122 Å². The van der Waals surface area contributed by atoms with Crippen LogP contribution in [-0.4, -0.2) is 24.4 Å². The highest BCUT2D eigenvalue weighted by Gasteiger charge is 2.37. The van der Waals surface area contributed by atoms with Gasteiger partial charge in [0.05, 0.1) is 16.2 Å².